The Morgan fingerprint density at radius 2 is 1.80 bits per heavy atom. The summed E-state index contributed by atoms with van der Waals surface area (Å²) in [4.78, 5) is 33.0. The van der Waals surface area contributed by atoms with Gasteiger partial charge in [0.15, 0.2) is 0 Å². The topological polar surface area (TPSA) is 101 Å². The number of amides is 2. The van der Waals surface area contributed by atoms with Gasteiger partial charge in [-0.3, -0.25) is 19.7 Å². The van der Waals surface area contributed by atoms with E-state index in [0.29, 0.717) is 18.2 Å². The molecule has 0 aliphatic rings. The predicted octanol–water partition coefficient (Wildman–Crippen LogP) is 1.70. The summed E-state index contributed by atoms with van der Waals surface area (Å²) >= 11 is 0. The molecule has 0 radical (unpaired) electrons. The Morgan fingerprint density at radius 3 is 2.30 bits per heavy atom. The molecule has 0 spiro atoms. The van der Waals surface area contributed by atoms with E-state index in [4.69, 9.17) is 0 Å². The molecule has 1 aromatic rings. The van der Waals surface area contributed by atoms with Crippen LogP contribution in [0.3, 0.4) is 0 Å². The van der Waals surface area contributed by atoms with Crippen LogP contribution in [-0.2, 0) is 9.59 Å². The van der Waals surface area contributed by atoms with Gasteiger partial charge in [0.25, 0.3) is 5.69 Å². The molecule has 0 bridgehead atoms. The predicted molar refractivity (Wildman–Crippen MR) is 74.2 cm³/mol. The zero-order chi connectivity index (χ0) is 15.1. The lowest BCUT2D eigenvalue weighted by atomic mass is 10.1. The van der Waals surface area contributed by atoms with Crippen molar-refractivity contribution in [3.05, 3.63) is 34.4 Å². The number of anilines is 1. The molecule has 108 valence electrons. The third kappa shape index (κ3) is 5.05. The quantitative estimate of drug-likeness (QED) is 0.486. The first-order chi connectivity index (χ1) is 9.40. The summed E-state index contributed by atoms with van der Waals surface area (Å²) in [7, 11) is 0. The van der Waals surface area contributed by atoms with Crippen LogP contribution in [-0.4, -0.2) is 23.3 Å². The van der Waals surface area contributed by atoms with Gasteiger partial charge in [0.1, 0.15) is 0 Å². The fourth-order valence-electron chi connectivity index (χ4n) is 1.41. The van der Waals surface area contributed by atoms with Crippen LogP contribution in [0.4, 0.5) is 11.4 Å². The summed E-state index contributed by atoms with van der Waals surface area (Å²) in [5.74, 6) is -1.07. The third-order valence-corrected chi connectivity index (χ3v) is 2.55. The van der Waals surface area contributed by atoms with Gasteiger partial charge in [-0.2, -0.15) is 0 Å². The highest BCUT2D eigenvalue weighted by Gasteiger charge is 2.13. The molecule has 7 heteroatoms. The van der Waals surface area contributed by atoms with E-state index in [1.807, 2.05) is 13.8 Å². The Hall–Kier alpha value is -2.44. The first-order valence-corrected chi connectivity index (χ1v) is 6.23. The van der Waals surface area contributed by atoms with Crippen molar-refractivity contribution in [1.82, 2.24) is 5.32 Å². The Labute approximate surface area is 116 Å². The van der Waals surface area contributed by atoms with Crippen LogP contribution in [0.2, 0.25) is 0 Å². The first kappa shape index (κ1) is 15.6. The highest BCUT2D eigenvalue weighted by molar-refractivity contribution is 6.39. The molecule has 0 atom stereocenters. The number of hydrogen-bond acceptors (Lipinski definition) is 4. The second-order valence-electron chi connectivity index (χ2n) is 4.70. The van der Waals surface area contributed by atoms with Crippen molar-refractivity contribution in [1.29, 1.82) is 0 Å². The molecule has 1 rings (SSSR count). The second-order valence-corrected chi connectivity index (χ2v) is 4.70. The number of nitro groups is 1. The average molecular weight is 279 g/mol. The van der Waals surface area contributed by atoms with E-state index in [9.17, 15) is 19.7 Å². The van der Waals surface area contributed by atoms with E-state index in [0.717, 1.165) is 6.42 Å². The molecule has 0 aromatic heterocycles. The largest absolute Gasteiger partial charge is 0.348 e. The van der Waals surface area contributed by atoms with Crippen molar-refractivity contribution in [3.63, 3.8) is 0 Å². The normalized spacial score (nSPS) is 10.2. The van der Waals surface area contributed by atoms with Gasteiger partial charge in [0, 0.05) is 24.4 Å². The average Bonchev–Trinajstić information content (AvgIpc) is 2.38. The van der Waals surface area contributed by atoms with Crippen molar-refractivity contribution < 1.29 is 14.5 Å². The third-order valence-electron chi connectivity index (χ3n) is 2.55. The lowest BCUT2D eigenvalue weighted by molar-refractivity contribution is -0.384. The minimum Gasteiger partial charge on any atom is -0.348 e. The van der Waals surface area contributed by atoms with Crippen molar-refractivity contribution in [2.45, 2.75) is 20.3 Å². The number of carbonyl (C=O) groups is 2. The summed E-state index contributed by atoms with van der Waals surface area (Å²) in [6.07, 6.45) is 0.788. The fraction of sp³-hybridized carbons (Fsp3) is 0.385. The Balaban J connectivity index is 2.49. The van der Waals surface area contributed by atoms with Gasteiger partial charge in [-0.25, -0.2) is 0 Å². The molecule has 0 saturated carbocycles. The zero-order valence-electron chi connectivity index (χ0n) is 11.4. The maximum Gasteiger partial charge on any atom is 0.313 e. The molecule has 2 amide bonds. The van der Waals surface area contributed by atoms with Gasteiger partial charge < -0.3 is 10.6 Å². The van der Waals surface area contributed by atoms with Gasteiger partial charge in [-0.05, 0) is 24.5 Å². The van der Waals surface area contributed by atoms with E-state index >= 15 is 0 Å². The van der Waals surface area contributed by atoms with E-state index in [2.05, 4.69) is 10.6 Å². The monoisotopic (exact) mass is 279 g/mol. The summed E-state index contributed by atoms with van der Waals surface area (Å²) in [5, 5.41) is 15.3. The van der Waals surface area contributed by atoms with Crippen LogP contribution in [0.15, 0.2) is 24.3 Å². The molecule has 7 nitrogen and oxygen atoms in total. The van der Waals surface area contributed by atoms with Crippen LogP contribution >= 0.6 is 0 Å². The van der Waals surface area contributed by atoms with Crippen LogP contribution in [0.1, 0.15) is 20.3 Å². The molecule has 0 heterocycles. The van der Waals surface area contributed by atoms with Gasteiger partial charge >= 0.3 is 11.8 Å². The van der Waals surface area contributed by atoms with Crippen molar-refractivity contribution in [2.75, 3.05) is 11.9 Å². The smallest absolute Gasteiger partial charge is 0.313 e. The maximum absolute atomic E-state index is 11.5. The van der Waals surface area contributed by atoms with E-state index in [1.54, 1.807) is 0 Å². The number of non-ortho nitro benzene ring substituents is 1. The maximum atomic E-state index is 11.5. The molecule has 0 aliphatic heterocycles. The van der Waals surface area contributed by atoms with Crippen LogP contribution < -0.4 is 10.6 Å². The van der Waals surface area contributed by atoms with Gasteiger partial charge in [0.05, 0.1) is 4.92 Å². The lowest BCUT2D eigenvalue weighted by Crippen LogP contribution is -2.36. The van der Waals surface area contributed by atoms with E-state index in [-0.39, 0.29) is 5.69 Å². The summed E-state index contributed by atoms with van der Waals surface area (Å²) in [6.45, 7) is 4.47. The summed E-state index contributed by atoms with van der Waals surface area (Å²) < 4.78 is 0. The van der Waals surface area contributed by atoms with E-state index in [1.165, 1.54) is 24.3 Å². The minimum atomic E-state index is -0.789. The van der Waals surface area contributed by atoms with E-state index < -0.39 is 16.7 Å². The van der Waals surface area contributed by atoms with Crippen LogP contribution in [0.25, 0.3) is 0 Å². The molecular formula is C13H17N3O4. The Morgan fingerprint density at radius 1 is 1.20 bits per heavy atom. The molecule has 0 unspecified atom stereocenters. The Bertz CT molecular complexity index is 497. The second kappa shape index (κ2) is 7.22. The molecule has 0 saturated heterocycles. The standard InChI is InChI=1S/C13H17N3O4/c1-9(2)7-8-14-12(17)13(18)15-10-3-5-11(6-4-10)16(19)20/h3-6,9H,7-8H2,1-2H3,(H,14,17)(H,15,18). The summed E-state index contributed by atoms with van der Waals surface area (Å²) in [6, 6.07) is 5.26. The molecule has 0 aliphatic carbocycles. The van der Waals surface area contributed by atoms with Crippen LogP contribution in [0, 0.1) is 16.0 Å². The van der Waals surface area contributed by atoms with Gasteiger partial charge in [-0.15, -0.1) is 0 Å². The molecule has 2 N–H and O–H groups in total. The minimum absolute atomic E-state index is 0.0793. The van der Waals surface area contributed by atoms with Crippen molar-refractivity contribution in [3.8, 4) is 0 Å². The number of rotatable bonds is 5. The number of hydrogen-bond donors (Lipinski definition) is 2. The molecule has 1 aromatic carbocycles. The zero-order valence-corrected chi connectivity index (χ0v) is 11.4. The SMILES string of the molecule is CC(C)CCNC(=O)C(=O)Nc1ccc([N+](=O)[O-])cc1. The molecule has 0 fully saturated rings. The summed E-state index contributed by atoms with van der Waals surface area (Å²) in [5.41, 5.74) is 0.254. The van der Waals surface area contributed by atoms with Crippen molar-refractivity contribution in [2.24, 2.45) is 5.92 Å². The van der Waals surface area contributed by atoms with Crippen molar-refractivity contribution >= 4 is 23.2 Å². The number of carbonyl (C=O) groups excluding carboxylic acids is 2. The Kier molecular flexibility index (Phi) is 5.64. The first-order valence-electron chi connectivity index (χ1n) is 6.23. The van der Waals surface area contributed by atoms with Gasteiger partial charge in [0.2, 0.25) is 0 Å². The van der Waals surface area contributed by atoms with Gasteiger partial charge in [-0.1, -0.05) is 13.8 Å². The number of nitrogens with one attached hydrogen (secondary N) is 2. The lowest BCUT2D eigenvalue weighted by Gasteiger charge is -2.07. The molecule has 20 heavy (non-hydrogen) atoms. The fourth-order valence-corrected chi connectivity index (χ4v) is 1.41. The highest BCUT2D eigenvalue weighted by Crippen LogP contribution is 2.15. The number of nitrogens with zero attached hydrogens (tertiary/aromatic N) is 1. The van der Waals surface area contributed by atoms with Crippen LogP contribution in [0.5, 0.6) is 0 Å². The number of nitro benzene ring substituents is 1. The highest BCUT2D eigenvalue weighted by atomic mass is 16.6. The molecular weight excluding hydrogens is 262 g/mol. The number of benzene rings is 1.